The summed E-state index contributed by atoms with van der Waals surface area (Å²) in [5, 5.41) is 14.1. The van der Waals surface area contributed by atoms with Crippen molar-refractivity contribution < 1.29 is 19.1 Å². The Morgan fingerprint density at radius 2 is 2.08 bits per heavy atom. The summed E-state index contributed by atoms with van der Waals surface area (Å²) in [5.74, 6) is -2.17. The van der Waals surface area contributed by atoms with Crippen LogP contribution in [0.15, 0.2) is 47.4 Å². The normalized spacial score (nSPS) is 13.4. The number of rotatable bonds is 4. The van der Waals surface area contributed by atoms with Gasteiger partial charge in [0.2, 0.25) is 0 Å². The number of hydrogen-bond acceptors (Lipinski definition) is 3. The van der Waals surface area contributed by atoms with E-state index in [1.165, 1.54) is 18.2 Å². The SMILES string of the molecule is CC1=CC=C(c2csc(NC(=O)c3cccc(F)c3)c2C(=O)O)C1. The molecule has 0 bridgehead atoms. The molecule has 3 rings (SSSR count). The van der Waals surface area contributed by atoms with Gasteiger partial charge in [0, 0.05) is 16.5 Å². The topological polar surface area (TPSA) is 66.4 Å². The maximum absolute atomic E-state index is 13.2. The molecule has 1 amide bonds. The number of amides is 1. The van der Waals surface area contributed by atoms with Gasteiger partial charge in [-0.1, -0.05) is 23.8 Å². The first-order valence-corrected chi connectivity index (χ1v) is 8.12. The molecule has 122 valence electrons. The Hall–Kier alpha value is -2.73. The van der Waals surface area contributed by atoms with E-state index in [0.717, 1.165) is 28.5 Å². The summed E-state index contributed by atoms with van der Waals surface area (Å²) in [6, 6.07) is 5.25. The number of nitrogens with one attached hydrogen (secondary N) is 1. The number of benzene rings is 1. The van der Waals surface area contributed by atoms with Crippen LogP contribution in [0, 0.1) is 5.82 Å². The van der Waals surface area contributed by atoms with Crippen molar-refractivity contribution in [1.82, 2.24) is 0 Å². The van der Waals surface area contributed by atoms with Gasteiger partial charge >= 0.3 is 5.97 Å². The van der Waals surface area contributed by atoms with Crippen LogP contribution in [-0.2, 0) is 0 Å². The fourth-order valence-electron chi connectivity index (χ4n) is 2.55. The van der Waals surface area contributed by atoms with Crippen molar-refractivity contribution in [3.63, 3.8) is 0 Å². The quantitative estimate of drug-likeness (QED) is 0.854. The second kappa shape index (κ2) is 6.41. The van der Waals surface area contributed by atoms with Gasteiger partial charge in [-0.15, -0.1) is 11.3 Å². The highest BCUT2D eigenvalue weighted by molar-refractivity contribution is 7.15. The number of carboxylic acids is 1. The van der Waals surface area contributed by atoms with E-state index < -0.39 is 17.7 Å². The predicted octanol–water partition coefficient (Wildman–Crippen LogP) is 4.57. The predicted molar refractivity (Wildman–Crippen MR) is 92.0 cm³/mol. The van der Waals surface area contributed by atoms with Crippen LogP contribution >= 0.6 is 11.3 Å². The van der Waals surface area contributed by atoms with Gasteiger partial charge in [0.05, 0.1) is 0 Å². The minimum absolute atomic E-state index is 0.0686. The first kappa shape index (κ1) is 16.1. The zero-order valence-corrected chi connectivity index (χ0v) is 13.6. The lowest BCUT2D eigenvalue weighted by atomic mass is 10.0. The molecule has 0 saturated carbocycles. The molecule has 0 radical (unpaired) electrons. The highest BCUT2D eigenvalue weighted by atomic mass is 32.1. The van der Waals surface area contributed by atoms with E-state index in [1.54, 1.807) is 5.38 Å². The fourth-order valence-corrected chi connectivity index (χ4v) is 3.52. The van der Waals surface area contributed by atoms with Crippen molar-refractivity contribution in [1.29, 1.82) is 0 Å². The fraction of sp³-hybridized carbons (Fsp3) is 0.111. The lowest BCUT2D eigenvalue weighted by Crippen LogP contribution is -2.14. The molecule has 0 aliphatic heterocycles. The Balaban J connectivity index is 1.90. The number of halogens is 1. The molecule has 1 aromatic heterocycles. The Morgan fingerprint density at radius 3 is 2.71 bits per heavy atom. The van der Waals surface area contributed by atoms with Gasteiger partial charge in [-0.2, -0.15) is 0 Å². The van der Waals surface area contributed by atoms with Crippen LogP contribution in [0.25, 0.3) is 5.57 Å². The Kier molecular flexibility index (Phi) is 4.31. The van der Waals surface area contributed by atoms with E-state index in [9.17, 15) is 19.1 Å². The number of carbonyl (C=O) groups is 2. The molecule has 1 aliphatic rings. The zero-order chi connectivity index (χ0) is 17.3. The number of carbonyl (C=O) groups excluding carboxylic acids is 1. The van der Waals surface area contributed by atoms with Crippen LogP contribution in [0.4, 0.5) is 9.39 Å². The van der Waals surface area contributed by atoms with Crippen molar-refractivity contribution in [3.8, 4) is 0 Å². The van der Waals surface area contributed by atoms with Crippen LogP contribution in [-0.4, -0.2) is 17.0 Å². The van der Waals surface area contributed by atoms with Crippen molar-refractivity contribution in [2.45, 2.75) is 13.3 Å². The Labute approximate surface area is 141 Å². The molecule has 6 heteroatoms. The highest BCUT2D eigenvalue weighted by Gasteiger charge is 2.23. The van der Waals surface area contributed by atoms with Gasteiger partial charge in [-0.3, -0.25) is 4.79 Å². The summed E-state index contributed by atoms with van der Waals surface area (Å²) >= 11 is 1.15. The Morgan fingerprint density at radius 1 is 1.29 bits per heavy atom. The minimum Gasteiger partial charge on any atom is -0.478 e. The van der Waals surface area contributed by atoms with Crippen molar-refractivity contribution in [2.24, 2.45) is 0 Å². The molecular formula is C18H14FNO3S. The van der Waals surface area contributed by atoms with Crippen LogP contribution in [0.1, 0.15) is 39.6 Å². The maximum atomic E-state index is 13.2. The van der Waals surface area contributed by atoms with Gasteiger partial charge in [0.25, 0.3) is 5.91 Å². The van der Waals surface area contributed by atoms with E-state index in [4.69, 9.17) is 0 Å². The molecule has 1 heterocycles. The van der Waals surface area contributed by atoms with Crippen LogP contribution < -0.4 is 5.32 Å². The lowest BCUT2D eigenvalue weighted by Gasteiger charge is -2.07. The van der Waals surface area contributed by atoms with Crippen molar-refractivity contribution in [3.05, 3.63) is 69.9 Å². The third-order valence-corrected chi connectivity index (χ3v) is 4.60. The third-order valence-electron chi connectivity index (χ3n) is 3.70. The van der Waals surface area contributed by atoms with E-state index in [-0.39, 0.29) is 16.1 Å². The van der Waals surface area contributed by atoms with E-state index in [1.807, 2.05) is 19.1 Å². The molecule has 1 aromatic carbocycles. The number of aromatic carboxylic acids is 1. The van der Waals surface area contributed by atoms with E-state index in [0.29, 0.717) is 12.0 Å². The van der Waals surface area contributed by atoms with Gasteiger partial charge in [0.15, 0.2) is 0 Å². The molecule has 1 aliphatic carbocycles. The summed E-state index contributed by atoms with van der Waals surface area (Å²) in [6.45, 7) is 1.98. The largest absolute Gasteiger partial charge is 0.478 e. The molecule has 4 nitrogen and oxygen atoms in total. The standard InChI is InChI=1S/C18H14FNO3S/c1-10-5-6-11(7-10)14-9-24-17(15(14)18(22)23)20-16(21)12-3-2-4-13(19)8-12/h2-6,8-9H,7H2,1H3,(H,20,21)(H,22,23). The molecular weight excluding hydrogens is 329 g/mol. The molecule has 0 atom stereocenters. The van der Waals surface area contributed by atoms with Gasteiger partial charge in [0.1, 0.15) is 16.4 Å². The summed E-state index contributed by atoms with van der Waals surface area (Å²) in [6.07, 6.45) is 4.53. The number of allylic oxidation sites excluding steroid dienone is 4. The average molecular weight is 343 g/mol. The molecule has 0 unspecified atom stereocenters. The smallest absolute Gasteiger partial charge is 0.339 e. The maximum Gasteiger partial charge on any atom is 0.339 e. The molecule has 0 spiro atoms. The van der Waals surface area contributed by atoms with Crippen LogP contribution in [0.3, 0.4) is 0 Å². The molecule has 0 fully saturated rings. The highest BCUT2D eigenvalue weighted by Crippen LogP contribution is 2.37. The third kappa shape index (κ3) is 3.14. The summed E-state index contributed by atoms with van der Waals surface area (Å²) in [7, 11) is 0. The van der Waals surface area contributed by atoms with E-state index in [2.05, 4.69) is 5.32 Å². The number of thiophene rings is 1. The number of hydrogen-bond donors (Lipinski definition) is 2. The first-order chi connectivity index (χ1) is 11.5. The Bertz CT molecular complexity index is 895. The first-order valence-electron chi connectivity index (χ1n) is 7.24. The molecule has 2 aromatic rings. The van der Waals surface area contributed by atoms with Gasteiger partial charge < -0.3 is 10.4 Å². The molecule has 0 saturated heterocycles. The lowest BCUT2D eigenvalue weighted by molar-refractivity contribution is 0.0698. The molecule has 24 heavy (non-hydrogen) atoms. The number of carboxylic acid groups (broad SMARTS) is 1. The molecule has 2 N–H and O–H groups in total. The van der Waals surface area contributed by atoms with Crippen LogP contribution in [0.2, 0.25) is 0 Å². The second-order valence-corrected chi connectivity index (χ2v) is 6.38. The van der Waals surface area contributed by atoms with Crippen molar-refractivity contribution >= 4 is 33.8 Å². The average Bonchev–Trinajstić information content (AvgIpc) is 3.13. The minimum atomic E-state index is -1.11. The summed E-state index contributed by atoms with van der Waals surface area (Å²) in [4.78, 5) is 23.9. The van der Waals surface area contributed by atoms with Crippen molar-refractivity contribution in [2.75, 3.05) is 5.32 Å². The van der Waals surface area contributed by atoms with E-state index >= 15 is 0 Å². The summed E-state index contributed by atoms with van der Waals surface area (Å²) in [5.41, 5.74) is 2.87. The summed E-state index contributed by atoms with van der Waals surface area (Å²) < 4.78 is 13.2. The zero-order valence-electron chi connectivity index (χ0n) is 12.8. The monoisotopic (exact) mass is 343 g/mol. The van der Waals surface area contributed by atoms with Gasteiger partial charge in [-0.05, 0) is 37.1 Å². The second-order valence-electron chi connectivity index (χ2n) is 5.50. The number of anilines is 1. The van der Waals surface area contributed by atoms with Crippen LogP contribution in [0.5, 0.6) is 0 Å². The van der Waals surface area contributed by atoms with Gasteiger partial charge in [-0.25, -0.2) is 9.18 Å².